The van der Waals surface area contributed by atoms with E-state index in [-0.39, 0.29) is 5.91 Å². The number of carbonyl (C=O) groups is 1. The highest BCUT2D eigenvalue weighted by atomic mass is 16.5. The molecule has 1 aromatic rings. The number of methoxy groups -OCH3 is 1. The molecule has 1 heterocycles. The molecule has 1 fully saturated rings. The van der Waals surface area contributed by atoms with E-state index in [1.54, 1.807) is 25.4 Å². The van der Waals surface area contributed by atoms with E-state index in [4.69, 9.17) is 9.47 Å². The number of carbonyl (C=O) groups excluding carboxylic acids is 1. The number of aromatic nitrogens is 1. The van der Waals surface area contributed by atoms with Crippen molar-refractivity contribution >= 4 is 11.6 Å². The SMILES string of the molecule is CCCOc1ccc(NC(=O)C(C)(OC)C2CC2)cn1. The van der Waals surface area contributed by atoms with Crippen LogP contribution >= 0.6 is 0 Å². The number of hydrogen-bond acceptors (Lipinski definition) is 4. The molecule has 1 aromatic heterocycles. The molecule has 0 saturated heterocycles. The summed E-state index contributed by atoms with van der Waals surface area (Å²) in [4.78, 5) is 16.5. The van der Waals surface area contributed by atoms with Crippen molar-refractivity contribution in [3.05, 3.63) is 18.3 Å². The molecule has 1 aliphatic carbocycles. The van der Waals surface area contributed by atoms with Gasteiger partial charge < -0.3 is 14.8 Å². The van der Waals surface area contributed by atoms with E-state index in [2.05, 4.69) is 10.3 Å². The van der Waals surface area contributed by atoms with E-state index >= 15 is 0 Å². The van der Waals surface area contributed by atoms with Gasteiger partial charge in [0.05, 0.1) is 18.5 Å². The molecule has 5 nitrogen and oxygen atoms in total. The van der Waals surface area contributed by atoms with Crippen molar-refractivity contribution in [2.24, 2.45) is 5.92 Å². The number of ether oxygens (including phenoxy) is 2. The Hall–Kier alpha value is -1.62. The summed E-state index contributed by atoms with van der Waals surface area (Å²) in [6, 6.07) is 3.55. The van der Waals surface area contributed by atoms with Crippen molar-refractivity contribution in [2.75, 3.05) is 19.0 Å². The summed E-state index contributed by atoms with van der Waals surface area (Å²) in [6.45, 7) is 4.52. The lowest BCUT2D eigenvalue weighted by molar-refractivity contribution is -0.138. The molecule has 1 unspecified atom stereocenters. The molecule has 0 aliphatic heterocycles. The highest BCUT2D eigenvalue weighted by Gasteiger charge is 2.47. The van der Waals surface area contributed by atoms with Gasteiger partial charge in [-0.15, -0.1) is 0 Å². The summed E-state index contributed by atoms with van der Waals surface area (Å²) in [7, 11) is 1.58. The molecule has 5 heteroatoms. The smallest absolute Gasteiger partial charge is 0.256 e. The molecule has 110 valence electrons. The van der Waals surface area contributed by atoms with Crippen molar-refractivity contribution in [2.45, 2.75) is 38.7 Å². The van der Waals surface area contributed by atoms with Gasteiger partial charge in [0.2, 0.25) is 5.88 Å². The molecule has 1 atom stereocenters. The first-order valence-electron chi connectivity index (χ1n) is 7.05. The zero-order valence-corrected chi connectivity index (χ0v) is 12.3. The highest BCUT2D eigenvalue weighted by molar-refractivity contribution is 5.97. The number of pyridine rings is 1. The van der Waals surface area contributed by atoms with Crippen LogP contribution in [0.2, 0.25) is 0 Å². The van der Waals surface area contributed by atoms with Gasteiger partial charge in [-0.2, -0.15) is 0 Å². The zero-order valence-electron chi connectivity index (χ0n) is 12.3. The lowest BCUT2D eigenvalue weighted by Crippen LogP contribution is -2.44. The van der Waals surface area contributed by atoms with E-state index in [1.165, 1.54) is 0 Å². The number of amides is 1. The van der Waals surface area contributed by atoms with Crippen LogP contribution in [0.15, 0.2) is 18.3 Å². The summed E-state index contributed by atoms with van der Waals surface area (Å²) < 4.78 is 10.8. The highest BCUT2D eigenvalue weighted by Crippen LogP contribution is 2.42. The van der Waals surface area contributed by atoms with Crippen LogP contribution in [-0.2, 0) is 9.53 Å². The quantitative estimate of drug-likeness (QED) is 0.833. The van der Waals surface area contributed by atoms with Gasteiger partial charge in [0.15, 0.2) is 0 Å². The van der Waals surface area contributed by atoms with Crippen molar-refractivity contribution < 1.29 is 14.3 Å². The Morgan fingerprint density at radius 1 is 1.50 bits per heavy atom. The molecule has 1 aliphatic rings. The Kier molecular flexibility index (Phi) is 4.60. The van der Waals surface area contributed by atoms with Crippen LogP contribution in [0.1, 0.15) is 33.1 Å². The standard InChI is InChI=1S/C15H22N2O3/c1-4-9-20-13-8-7-12(10-16-13)17-14(18)15(2,19-3)11-5-6-11/h7-8,10-11H,4-6,9H2,1-3H3,(H,17,18). The summed E-state index contributed by atoms with van der Waals surface area (Å²) in [5.74, 6) is 0.765. The maximum absolute atomic E-state index is 12.3. The third-order valence-corrected chi connectivity index (χ3v) is 3.68. The summed E-state index contributed by atoms with van der Waals surface area (Å²) in [5, 5.41) is 2.86. The van der Waals surface area contributed by atoms with Gasteiger partial charge in [-0.1, -0.05) is 6.92 Å². The first kappa shape index (κ1) is 14.8. The third-order valence-electron chi connectivity index (χ3n) is 3.68. The van der Waals surface area contributed by atoms with Gasteiger partial charge in [0.25, 0.3) is 5.91 Å². The van der Waals surface area contributed by atoms with Crippen LogP contribution in [0.3, 0.4) is 0 Å². The normalized spacial score (nSPS) is 17.4. The van der Waals surface area contributed by atoms with Gasteiger partial charge in [0, 0.05) is 13.2 Å². The lowest BCUT2D eigenvalue weighted by Gasteiger charge is -2.26. The topological polar surface area (TPSA) is 60.5 Å². The molecule has 1 saturated carbocycles. The number of hydrogen-bond donors (Lipinski definition) is 1. The summed E-state index contributed by atoms with van der Waals surface area (Å²) >= 11 is 0. The van der Waals surface area contributed by atoms with Crippen LogP contribution in [0, 0.1) is 5.92 Å². The van der Waals surface area contributed by atoms with Crippen LogP contribution < -0.4 is 10.1 Å². The molecule has 1 amide bonds. The van der Waals surface area contributed by atoms with Crippen molar-refractivity contribution in [1.29, 1.82) is 0 Å². The van der Waals surface area contributed by atoms with Crippen LogP contribution in [0.5, 0.6) is 5.88 Å². The van der Waals surface area contributed by atoms with Gasteiger partial charge in [0.1, 0.15) is 5.60 Å². The van der Waals surface area contributed by atoms with Gasteiger partial charge in [-0.25, -0.2) is 4.98 Å². The van der Waals surface area contributed by atoms with Crippen LogP contribution in [-0.4, -0.2) is 30.2 Å². The minimum atomic E-state index is -0.753. The van der Waals surface area contributed by atoms with Gasteiger partial charge in [-0.05, 0) is 38.2 Å². The zero-order chi connectivity index (χ0) is 14.6. The average molecular weight is 278 g/mol. The summed E-state index contributed by atoms with van der Waals surface area (Å²) in [6.07, 6.45) is 4.62. The fourth-order valence-electron chi connectivity index (χ4n) is 2.08. The van der Waals surface area contributed by atoms with E-state index in [0.717, 1.165) is 19.3 Å². The molecule has 0 spiro atoms. The Morgan fingerprint density at radius 2 is 2.25 bits per heavy atom. The van der Waals surface area contributed by atoms with Crippen molar-refractivity contribution in [3.8, 4) is 5.88 Å². The second-order valence-corrected chi connectivity index (χ2v) is 5.27. The minimum Gasteiger partial charge on any atom is -0.478 e. The summed E-state index contributed by atoms with van der Waals surface area (Å²) in [5.41, 5.74) is -0.0973. The van der Waals surface area contributed by atoms with E-state index in [0.29, 0.717) is 24.1 Å². The largest absolute Gasteiger partial charge is 0.478 e. The van der Waals surface area contributed by atoms with E-state index < -0.39 is 5.60 Å². The van der Waals surface area contributed by atoms with Gasteiger partial charge in [-0.3, -0.25) is 4.79 Å². The molecule has 0 radical (unpaired) electrons. The molecule has 0 bridgehead atoms. The molecule has 0 aromatic carbocycles. The fourth-order valence-corrected chi connectivity index (χ4v) is 2.08. The predicted octanol–water partition coefficient (Wildman–Crippen LogP) is 2.62. The molecular formula is C15H22N2O3. The Bertz CT molecular complexity index is 457. The van der Waals surface area contributed by atoms with Crippen LogP contribution in [0.4, 0.5) is 5.69 Å². The number of rotatable bonds is 7. The Labute approximate surface area is 119 Å². The second-order valence-electron chi connectivity index (χ2n) is 5.27. The van der Waals surface area contributed by atoms with Crippen molar-refractivity contribution in [1.82, 2.24) is 4.98 Å². The molecule has 20 heavy (non-hydrogen) atoms. The first-order chi connectivity index (χ1) is 9.60. The maximum Gasteiger partial charge on any atom is 0.256 e. The Balaban J connectivity index is 1.97. The maximum atomic E-state index is 12.3. The lowest BCUT2D eigenvalue weighted by atomic mass is 9.99. The molecular weight excluding hydrogens is 256 g/mol. The monoisotopic (exact) mass is 278 g/mol. The first-order valence-corrected chi connectivity index (χ1v) is 7.05. The van der Waals surface area contributed by atoms with E-state index in [1.807, 2.05) is 13.8 Å². The number of nitrogens with one attached hydrogen (secondary N) is 1. The Morgan fingerprint density at radius 3 is 2.75 bits per heavy atom. The number of anilines is 1. The fraction of sp³-hybridized carbons (Fsp3) is 0.600. The molecule has 2 rings (SSSR count). The van der Waals surface area contributed by atoms with Crippen molar-refractivity contribution in [3.63, 3.8) is 0 Å². The molecule has 1 N–H and O–H groups in total. The van der Waals surface area contributed by atoms with Crippen LogP contribution in [0.25, 0.3) is 0 Å². The minimum absolute atomic E-state index is 0.119. The predicted molar refractivity (Wildman–Crippen MR) is 76.8 cm³/mol. The van der Waals surface area contributed by atoms with E-state index in [9.17, 15) is 4.79 Å². The second kappa shape index (κ2) is 6.22. The number of nitrogens with zero attached hydrogens (tertiary/aromatic N) is 1. The average Bonchev–Trinajstić information content (AvgIpc) is 3.30. The third kappa shape index (κ3) is 3.28. The van der Waals surface area contributed by atoms with Gasteiger partial charge >= 0.3 is 0 Å².